The predicted molar refractivity (Wildman–Crippen MR) is 489 cm³/mol. The van der Waals surface area contributed by atoms with E-state index in [1.54, 1.807) is 239 Å². The summed E-state index contributed by atoms with van der Waals surface area (Å²) in [5.41, 5.74) is 1.50. The van der Waals surface area contributed by atoms with E-state index in [-0.39, 0.29) is 105 Å². The van der Waals surface area contributed by atoms with Crippen molar-refractivity contribution in [2.24, 2.45) is 17.8 Å². The zero-order chi connectivity index (χ0) is 89.6. The number of carbonyl (C=O) groups is 9. The molecule has 21 heteroatoms. The maximum atomic E-state index is 15.6. The van der Waals surface area contributed by atoms with Gasteiger partial charge in [0.2, 0.25) is 38.0 Å². The van der Waals surface area contributed by atoms with Crippen molar-refractivity contribution in [3.05, 3.63) is 410 Å². The lowest BCUT2D eigenvalue weighted by Gasteiger charge is -2.23. The van der Waals surface area contributed by atoms with E-state index < -0.39 is 73.8 Å². The molecule has 0 saturated heterocycles. The van der Waals surface area contributed by atoms with Crippen molar-refractivity contribution in [1.82, 2.24) is 0 Å². The number of hydrogen-bond acceptors (Lipinski definition) is 18. The number of esters is 6. The Morgan fingerprint density at radius 3 is 0.738 bits per heavy atom. The van der Waals surface area contributed by atoms with Gasteiger partial charge in [-0.1, -0.05) is 296 Å². The Bertz CT molecular complexity index is 6020. The second-order valence-corrected chi connectivity index (χ2v) is 40.0. The highest BCUT2D eigenvalue weighted by Crippen LogP contribution is 2.53. The third-order valence-electron chi connectivity index (χ3n) is 21.3. The van der Waals surface area contributed by atoms with Gasteiger partial charge in [0, 0.05) is 31.8 Å². The minimum Gasteiger partial charge on any atom is -0.457 e. The predicted octanol–water partition coefficient (Wildman–Crippen LogP) is 20.4. The molecule has 126 heavy (non-hydrogen) atoms. The zero-order valence-electron chi connectivity index (χ0n) is 71.1. The number of hydrogen-bond donors (Lipinski definition) is 0. The maximum absolute atomic E-state index is 15.6. The third kappa shape index (κ3) is 20.1. The van der Waals surface area contributed by atoms with Gasteiger partial charge in [-0.3, -0.25) is 14.4 Å². The van der Waals surface area contributed by atoms with E-state index in [0.29, 0.717) is 101 Å². The fourth-order valence-electron chi connectivity index (χ4n) is 14.9. The van der Waals surface area contributed by atoms with Crippen LogP contribution in [0, 0.1) is 38.5 Å². The molecule has 13 rings (SSSR count). The molecule has 13 aromatic rings. The molecule has 0 aliphatic rings. The van der Waals surface area contributed by atoms with Crippen molar-refractivity contribution < 1.29 is 85.3 Å². The summed E-state index contributed by atoms with van der Waals surface area (Å²) in [6.07, 6.45) is 1.21. The molecule has 0 atom stereocenters. The monoisotopic (exact) mass is 1730 g/mol. The number of rotatable bonds is 33. The lowest BCUT2D eigenvalue weighted by molar-refractivity contribution is 0.0463. The van der Waals surface area contributed by atoms with Gasteiger partial charge in [-0.15, -0.1) is 0 Å². The molecule has 0 spiro atoms. The van der Waals surface area contributed by atoms with Gasteiger partial charge in [0.25, 0.3) is 0 Å². The Labute approximate surface area is 732 Å². The molecule has 0 fully saturated rings. The lowest BCUT2D eigenvalue weighted by atomic mass is 9.96. The van der Waals surface area contributed by atoms with Gasteiger partial charge in [0.15, 0.2) is 0 Å². The summed E-state index contributed by atoms with van der Waals surface area (Å²) in [5, 5.41) is 1.87. The molecule has 0 saturated carbocycles. The van der Waals surface area contributed by atoms with Crippen LogP contribution in [0.2, 0.25) is 0 Å². The number of ether oxygens (including phenoxy) is 6. The van der Waals surface area contributed by atoms with Crippen LogP contribution >= 0.6 is 21.4 Å². The summed E-state index contributed by atoms with van der Waals surface area (Å²) in [4.78, 5) is 132. The molecule has 0 aliphatic heterocycles. The SMILES string of the molecule is Cc1ccc(CC(C)C)c(C(=O)P(=O)(c2ccccc2)c2ccccc2)c1OC(=O)c1ccc(COC(=O)c2cc(C(=O)OCc3ccc(C(=O)Oc4c(CC(C)C)ccc(C)c4C(=O)P(=O)(c4ccccc4)c4ccccc4)cc3)cc(C(=O)OCc3ccc(C(=O)Oc4c(CC(C)C)ccc(C)c4C(=O)P(=O)(c4ccccc4)c4ccccc4)cc3)c2)cc1. The summed E-state index contributed by atoms with van der Waals surface area (Å²) in [5.74, 6) is -5.40. The van der Waals surface area contributed by atoms with Gasteiger partial charge in [-0.2, -0.15) is 0 Å². The Kier molecular flexibility index (Phi) is 28.5. The standard InChI is InChI=1S/C105H93O18P3/c1-67(2)58-79-49-42-72(9)94(93(79)105(114)126(117,89-36-24-14-25-37-89)90-38-26-15-27-39-90)121-100(109)76-52-43-73(44-53-76)64-118-97(106)82-61-83(98(107)119-65-74-45-54-77(55-46-74)101(110)122-95-80(59-68(3)4)50-40-70(7)91(95)103(112)124(115,85-28-16-10-17-29-85)86-30-18-11-19-31-86)63-84(62-82)99(108)120-66-75-47-56-78(57-48-75)102(111)123-96-81(60-69(5)6)51-41-71(8)92(96)104(113)125(116,87-32-20-12-21-33-87)88-34-22-13-23-35-88/h10-57,61-63,67-69H,58-60,64-66H2,1-9H3. The Balaban J connectivity index is 0.744. The summed E-state index contributed by atoms with van der Waals surface area (Å²) < 4.78 is 82.8. The van der Waals surface area contributed by atoms with Gasteiger partial charge >= 0.3 is 35.8 Å². The van der Waals surface area contributed by atoms with Gasteiger partial charge in [0.1, 0.15) is 37.1 Å². The second kappa shape index (κ2) is 39.9. The summed E-state index contributed by atoms with van der Waals surface area (Å²) in [7, 11) is -12.3. The Morgan fingerprint density at radius 2 is 0.476 bits per heavy atom. The van der Waals surface area contributed by atoms with Crippen LogP contribution in [0.25, 0.3) is 0 Å². The van der Waals surface area contributed by atoms with Crippen LogP contribution in [0.3, 0.4) is 0 Å². The highest BCUT2D eigenvalue weighted by Gasteiger charge is 2.44. The van der Waals surface area contributed by atoms with E-state index in [1.807, 2.05) is 41.5 Å². The van der Waals surface area contributed by atoms with Crippen LogP contribution in [0.5, 0.6) is 17.2 Å². The summed E-state index contributed by atoms with van der Waals surface area (Å²) in [6.45, 7) is 15.8. The molecule has 18 nitrogen and oxygen atoms in total. The minimum atomic E-state index is -4.09. The van der Waals surface area contributed by atoms with Crippen molar-refractivity contribution in [3.8, 4) is 17.2 Å². The molecular weight excluding hydrogens is 1640 g/mol. The van der Waals surface area contributed by atoms with Crippen LogP contribution in [0.4, 0.5) is 0 Å². The van der Waals surface area contributed by atoms with Gasteiger partial charge in [0.05, 0.1) is 50.1 Å². The molecular formula is C105H93O18P3. The largest absolute Gasteiger partial charge is 0.457 e. The van der Waals surface area contributed by atoms with Crippen LogP contribution < -0.4 is 46.0 Å². The Hall–Kier alpha value is -13.6. The number of benzene rings is 13. The average molecular weight is 1740 g/mol. The molecule has 0 aliphatic carbocycles. The van der Waals surface area contributed by atoms with Crippen molar-refractivity contribution in [2.75, 3.05) is 0 Å². The zero-order valence-corrected chi connectivity index (χ0v) is 73.8. The average Bonchev–Trinajstić information content (AvgIpc) is 0.756. The van der Waals surface area contributed by atoms with Gasteiger partial charge in [-0.05, 0) is 162 Å². The van der Waals surface area contributed by atoms with E-state index in [2.05, 4.69) is 0 Å². The molecule has 0 amide bonds. The quantitative estimate of drug-likeness (QED) is 0.0160. The third-order valence-corrected chi connectivity index (χ3v) is 29.9. The minimum absolute atomic E-state index is 0.00938. The first-order valence-electron chi connectivity index (χ1n) is 41.3. The van der Waals surface area contributed by atoms with Gasteiger partial charge in [-0.25, -0.2) is 28.8 Å². The molecule has 0 radical (unpaired) electrons. The summed E-state index contributed by atoms with van der Waals surface area (Å²) >= 11 is 0. The number of carbonyl (C=O) groups excluding carboxylic acids is 9. The van der Waals surface area contributed by atoms with E-state index in [0.717, 1.165) is 0 Å². The molecule has 13 aromatic carbocycles. The number of aryl methyl sites for hydroxylation is 3. The maximum Gasteiger partial charge on any atom is 0.343 e. The van der Waals surface area contributed by atoms with Crippen LogP contribution in [-0.4, -0.2) is 52.4 Å². The highest BCUT2D eigenvalue weighted by atomic mass is 31.2. The van der Waals surface area contributed by atoms with Crippen molar-refractivity contribution >= 4 is 106 Å². The first-order valence-corrected chi connectivity index (χ1v) is 46.4. The first kappa shape index (κ1) is 90.1. The molecule has 0 aromatic heterocycles. The fourth-order valence-corrected chi connectivity index (χ4v) is 22.5. The fraction of sp³-hybridized carbons (Fsp3) is 0.171. The molecule has 0 unspecified atom stereocenters. The summed E-state index contributed by atoms with van der Waals surface area (Å²) in [6, 6.07) is 83.0. The Morgan fingerprint density at radius 1 is 0.246 bits per heavy atom. The molecule has 636 valence electrons. The van der Waals surface area contributed by atoms with Gasteiger partial charge < -0.3 is 42.1 Å². The molecule has 0 bridgehead atoms. The van der Waals surface area contributed by atoms with Crippen LogP contribution in [0.1, 0.15) is 185 Å². The van der Waals surface area contributed by atoms with Crippen molar-refractivity contribution in [2.45, 2.75) is 101 Å². The first-order chi connectivity index (χ1) is 60.5. The normalized spacial score (nSPS) is 11.5. The van der Waals surface area contributed by atoms with E-state index >= 15 is 28.1 Å². The van der Waals surface area contributed by atoms with E-state index in [4.69, 9.17) is 28.4 Å². The lowest BCUT2D eigenvalue weighted by Crippen LogP contribution is -2.25. The smallest absolute Gasteiger partial charge is 0.343 e. The highest BCUT2D eigenvalue weighted by molar-refractivity contribution is 7.94. The van der Waals surface area contributed by atoms with Crippen molar-refractivity contribution in [1.29, 1.82) is 0 Å². The van der Waals surface area contributed by atoms with E-state index in [1.165, 1.54) is 91.0 Å². The molecule has 0 N–H and O–H groups in total. The van der Waals surface area contributed by atoms with Crippen LogP contribution in [0.15, 0.2) is 309 Å². The van der Waals surface area contributed by atoms with Crippen LogP contribution in [-0.2, 0) is 67.0 Å². The second-order valence-electron chi connectivity index (χ2n) is 32.1. The topological polar surface area (TPSA) is 260 Å². The molecule has 0 heterocycles. The van der Waals surface area contributed by atoms with E-state index in [9.17, 15) is 28.8 Å². The van der Waals surface area contributed by atoms with Crippen molar-refractivity contribution in [3.63, 3.8) is 0 Å².